The number of hydrogen-bond donors (Lipinski definition) is 0. The highest BCUT2D eigenvalue weighted by Crippen LogP contribution is 2.23. The van der Waals surface area contributed by atoms with E-state index in [-0.39, 0.29) is 0 Å². The largest absolute Gasteiger partial charge is 0.494 e. The van der Waals surface area contributed by atoms with E-state index in [4.69, 9.17) is 9.47 Å². The van der Waals surface area contributed by atoms with Gasteiger partial charge in [-0.15, -0.1) is 0 Å². The normalized spacial score (nSPS) is 10.6. The van der Waals surface area contributed by atoms with E-state index >= 15 is 0 Å². The van der Waals surface area contributed by atoms with Gasteiger partial charge in [0.25, 0.3) is 0 Å². The highest BCUT2D eigenvalue weighted by atomic mass is 16.5. The molecule has 0 atom stereocenters. The molecule has 0 aliphatic rings. The van der Waals surface area contributed by atoms with Crippen molar-refractivity contribution in [3.05, 3.63) is 79.1 Å². The van der Waals surface area contributed by atoms with Gasteiger partial charge in [-0.2, -0.15) is 0 Å². The molecular weight excluding hydrogens is 380 g/mol. The Morgan fingerprint density at radius 2 is 1.37 bits per heavy atom. The first-order valence-corrected chi connectivity index (χ1v) is 10.0. The first-order valence-electron chi connectivity index (χ1n) is 10.0. The van der Waals surface area contributed by atoms with Crippen LogP contribution in [0, 0.1) is 6.92 Å². The zero-order chi connectivity index (χ0) is 21.6. The molecule has 0 spiro atoms. The Labute approximate surface area is 178 Å². The van der Waals surface area contributed by atoms with E-state index < -0.39 is 11.9 Å². The number of hydrogen-bond acceptors (Lipinski definition) is 5. The molecule has 30 heavy (non-hydrogen) atoms. The van der Waals surface area contributed by atoms with E-state index in [1.54, 1.807) is 0 Å². The van der Waals surface area contributed by atoms with Crippen LogP contribution in [0.5, 0.6) is 5.75 Å². The smallest absolute Gasteiger partial charge is 0.335 e. The number of aryl methyl sites for hydroxylation is 1. The lowest BCUT2D eigenvalue weighted by Crippen LogP contribution is -2.04. The minimum atomic E-state index is -0.660. The highest BCUT2D eigenvalue weighted by molar-refractivity contribution is 5.91. The van der Waals surface area contributed by atoms with Gasteiger partial charge in [-0.1, -0.05) is 48.5 Å². The molecule has 0 aromatic heterocycles. The average Bonchev–Trinajstić information content (AvgIpc) is 2.75. The van der Waals surface area contributed by atoms with Crippen LogP contribution >= 0.6 is 0 Å². The summed E-state index contributed by atoms with van der Waals surface area (Å²) in [5.74, 6) is -0.360. The third kappa shape index (κ3) is 8.78. The third-order valence-electron chi connectivity index (χ3n) is 4.35. The van der Waals surface area contributed by atoms with Gasteiger partial charge in [0.1, 0.15) is 5.75 Å². The second-order valence-electron chi connectivity index (χ2n) is 6.76. The minimum absolute atomic E-state index is 0.320. The van der Waals surface area contributed by atoms with Crippen molar-refractivity contribution in [1.82, 2.24) is 0 Å². The van der Waals surface area contributed by atoms with Gasteiger partial charge < -0.3 is 14.2 Å². The van der Waals surface area contributed by atoms with Crippen molar-refractivity contribution in [2.45, 2.75) is 32.6 Å². The van der Waals surface area contributed by atoms with Crippen molar-refractivity contribution < 1.29 is 23.8 Å². The lowest BCUT2D eigenvalue weighted by molar-refractivity contribution is -0.139. The van der Waals surface area contributed by atoms with Crippen molar-refractivity contribution in [1.29, 1.82) is 0 Å². The number of rotatable bonds is 12. The topological polar surface area (TPSA) is 61.8 Å². The summed E-state index contributed by atoms with van der Waals surface area (Å²) in [5.41, 5.74) is 3.61. The summed E-state index contributed by atoms with van der Waals surface area (Å²) >= 11 is 0. The zero-order valence-electron chi connectivity index (χ0n) is 17.3. The predicted molar refractivity (Wildman–Crippen MR) is 117 cm³/mol. The van der Waals surface area contributed by atoms with Gasteiger partial charge in [0.05, 0.1) is 19.5 Å². The Bertz CT molecular complexity index is 835. The molecule has 0 saturated heterocycles. The molecule has 0 saturated carbocycles. The van der Waals surface area contributed by atoms with Gasteiger partial charge in [-0.25, -0.2) is 9.59 Å². The first kappa shape index (κ1) is 22.9. The molecule has 0 bridgehead atoms. The number of carbonyl (C=O) groups is 2. The number of carbonyl (C=O) groups excluding carboxylic acids is 2. The Morgan fingerprint density at radius 3 is 2.00 bits per heavy atom. The number of ether oxygens (including phenoxy) is 3. The summed E-state index contributed by atoms with van der Waals surface area (Å²) in [6, 6.07) is 16.6. The van der Waals surface area contributed by atoms with Crippen LogP contribution in [-0.2, 0) is 19.1 Å². The van der Waals surface area contributed by atoms with Crippen LogP contribution in [0.2, 0.25) is 0 Å². The van der Waals surface area contributed by atoms with Gasteiger partial charge in [0, 0.05) is 12.2 Å². The molecule has 0 heterocycles. The maximum Gasteiger partial charge on any atom is 0.335 e. The summed E-state index contributed by atoms with van der Waals surface area (Å²) < 4.78 is 15.3. The maximum atomic E-state index is 11.4. The molecule has 0 fully saturated rings. The monoisotopic (exact) mass is 408 g/mol. The molecule has 5 heteroatoms. The third-order valence-corrected chi connectivity index (χ3v) is 4.35. The van der Waals surface area contributed by atoms with Crippen LogP contribution in [0.3, 0.4) is 0 Å². The summed E-state index contributed by atoms with van der Waals surface area (Å²) in [6.45, 7) is 6.30. The van der Waals surface area contributed by atoms with Gasteiger partial charge in [0.15, 0.2) is 0 Å². The van der Waals surface area contributed by atoms with Crippen LogP contribution in [0.1, 0.15) is 31.2 Å². The molecule has 158 valence electrons. The molecule has 2 aromatic rings. The molecule has 0 aliphatic carbocycles. The van der Waals surface area contributed by atoms with Crippen molar-refractivity contribution >= 4 is 11.9 Å². The van der Waals surface area contributed by atoms with Crippen LogP contribution in [0.4, 0.5) is 0 Å². The fourth-order valence-corrected chi connectivity index (χ4v) is 2.72. The van der Waals surface area contributed by atoms with Gasteiger partial charge in [-0.3, -0.25) is 0 Å². The van der Waals surface area contributed by atoms with Crippen LogP contribution in [0.15, 0.2) is 73.5 Å². The van der Waals surface area contributed by atoms with Gasteiger partial charge in [-0.05, 0) is 55.9 Å². The molecular formula is C25H28O5. The summed E-state index contributed by atoms with van der Waals surface area (Å²) in [4.78, 5) is 22.4. The first-order chi connectivity index (χ1) is 14.6. The van der Waals surface area contributed by atoms with Crippen molar-refractivity contribution in [3.63, 3.8) is 0 Å². The standard InChI is InChI=1S/C25H28O5/c1-3-28-24(26)16-17-25(27)30-19-7-5-4-6-18-29-23-14-12-22(13-15-23)21-10-8-20(2)9-11-21/h3,8-17H,1,4-7,18-19H2,2H3. The van der Waals surface area contributed by atoms with Crippen molar-refractivity contribution in [2.75, 3.05) is 13.2 Å². The second-order valence-corrected chi connectivity index (χ2v) is 6.76. The fourth-order valence-electron chi connectivity index (χ4n) is 2.72. The van der Waals surface area contributed by atoms with Crippen LogP contribution in [0.25, 0.3) is 11.1 Å². The average molecular weight is 408 g/mol. The lowest BCUT2D eigenvalue weighted by atomic mass is 10.0. The molecule has 0 radical (unpaired) electrons. The van der Waals surface area contributed by atoms with E-state index in [1.165, 1.54) is 16.7 Å². The Balaban J connectivity index is 1.54. The number of benzene rings is 2. The number of esters is 2. The summed E-state index contributed by atoms with van der Waals surface area (Å²) in [7, 11) is 0. The Hall–Kier alpha value is -3.34. The van der Waals surface area contributed by atoms with E-state index in [2.05, 4.69) is 54.6 Å². The van der Waals surface area contributed by atoms with Gasteiger partial charge >= 0.3 is 11.9 Å². The van der Waals surface area contributed by atoms with Crippen LogP contribution < -0.4 is 4.74 Å². The van der Waals surface area contributed by atoms with E-state index in [0.29, 0.717) is 13.2 Å². The van der Waals surface area contributed by atoms with E-state index in [0.717, 1.165) is 49.8 Å². The molecule has 5 nitrogen and oxygen atoms in total. The van der Waals surface area contributed by atoms with Crippen LogP contribution in [-0.4, -0.2) is 25.2 Å². The number of unbranched alkanes of at least 4 members (excludes halogenated alkanes) is 3. The zero-order valence-corrected chi connectivity index (χ0v) is 17.3. The Morgan fingerprint density at radius 1 is 0.800 bits per heavy atom. The second kappa shape index (κ2) is 13.0. The molecule has 2 rings (SSSR count). The quantitative estimate of drug-likeness (QED) is 0.204. The molecule has 0 unspecified atom stereocenters. The minimum Gasteiger partial charge on any atom is -0.494 e. The molecule has 2 aromatic carbocycles. The SMILES string of the molecule is C=COC(=O)C=CC(=O)OCCCCCCOc1ccc(-c2ccc(C)cc2)cc1. The molecule has 0 N–H and O–H groups in total. The predicted octanol–water partition coefficient (Wildman–Crippen LogP) is 5.39. The van der Waals surface area contributed by atoms with Gasteiger partial charge in [0.2, 0.25) is 0 Å². The van der Waals surface area contributed by atoms with E-state index in [9.17, 15) is 9.59 Å². The summed E-state index contributed by atoms with van der Waals surface area (Å²) in [5, 5.41) is 0. The van der Waals surface area contributed by atoms with E-state index in [1.807, 2.05) is 12.1 Å². The van der Waals surface area contributed by atoms with Crippen molar-refractivity contribution in [2.24, 2.45) is 0 Å². The lowest BCUT2D eigenvalue weighted by Gasteiger charge is -2.08. The summed E-state index contributed by atoms with van der Waals surface area (Å²) in [6.07, 6.45) is 6.68. The highest BCUT2D eigenvalue weighted by Gasteiger charge is 2.01. The van der Waals surface area contributed by atoms with Crippen molar-refractivity contribution in [3.8, 4) is 16.9 Å². The fraction of sp³-hybridized carbons (Fsp3) is 0.280. The Kier molecular flexibility index (Phi) is 9.93. The molecule has 0 amide bonds. The maximum absolute atomic E-state index is 11.4. The molecule has 0 aliphatic heterocycles.